The number of nitrogens with one attached hydrogen (secondary N) is 2. The van der Waals surface area contributed by atoms with Crippen molar-refractivity contribution in [3.8, 4) is 0 Å². The molecule has 6 nitrogen and oxygen atoms in total. The maximum Gasteiger partial charge on any atom is 0.271 e. The lowest BCUT2D eigenvalue weighted by Crippen LogP contribution is -2.22. The first-order valence-electron chi connectivity index (χ1n) is 7.23. The second kappa shape index (κ2) is 6.91. The first-order chi connectivity index (χ1) is 10.9. The summed E-state index contributed by atoms with van der Waals surface area (Å²) in [6, 6.07) is 10.1. The van der Waals surface area contributed by atoms with Crippen molar-refractivity contribution in [2.45, 2.75) is 20.8 Å². The Morgan fingerprint density at radius 2 is 1.78 bits per heavy atom. The fraction of sp³-hybridized carbons (Fsp3) is 0.235. The third-order valence-corrected chi connectivity index (χ3v) is 3.45. The number of anilines is 2. The van der Waals surface area contributed by atoms with E-state index in [9.17, 15) is 14.9 Å². The predicted molar refractivity (Wildman–Crippen MR) is 90.9 cm³/mol. The van der Waals surface area contributed by atoms with Crippen LogP contribution in [0.4, 0.5) is 17.1 Å². The van der Waals surface area contributed by atoms with Gasteiger partial charge in [0, 0.05) is 23.5 Å². The third kappa shape index (κ3) is 4.29. The average Bonchev–Trinajstić information content (AvgIpc) is 2.49. The number of aryl methyl sites for hydroxylation is 3. The zero-order valence-corrected chi connectivity index (χ0v) is 13.3. The second-order valence-corrected chi connectivity index (χ2v) is 5.48. The number of carbonyl (C=O) groups excluding carboxylic acids is 1. The van der Waals surface area contributed by atoms with Gasteiger partial charge in [0.1, 0.15) is 0 Å². The van der Waals surface area contributed by atoms with Gasteiger partial charge >= 0.3 is 0 Å². The topological polar surface area (TPSA) is 84.3 Å². The summed E-state index contributed by atoms with van der Waals surface area (Å²) < 4.78 is 0. The molecule has 120 valence electrons. The molecule has 0 atom stereocenters. The fourth-order valence-electron chi connectivity index (χ4n) is 2.47. The van der Waals surface area contributed by atoms with Crippen LogP contribution < -0.4 is 10.6 Å². The number of carbonyl (C=O) groups is 1. The molecule has 0 heterocycles. The van der Waals surface area contributed by atoms with E-state index in [0.29, 0.717) is 5.69 Å². The van der Waals surface area contributed by atoms with Gasteiger partial charge in [-0.05, 0) is 38.0 Å². The lowest BCUT2D eigenvalue weighted by atomic mass is 10.1. The van der Waals surface area contributed by atoms with Gasteiger partial charge in [0.25, 0.3) is 5.69 Å². The molecule has 1 amide bonds. The van der Waals surface area contributed by atoms with Gasteiger partial charge in [-0.2, -0.15) is 0 Å². The Morgan fingerprint density at radius 3 is 2.39 bits per heavy atom. The largest absolute Gasteiger partial charge is 0.376 e. The van der Waals surface area contributed by atoms with Gasteiger partial charge in [-0.3, -0.25) is 14.9 Å². The van der Waals surface area contributed by atoms with E-state index >= 15 is 0 Å². The molecule has 2 aromatic carbocycles. The van der Waals surface area contributed by atoms with Crippen LogP contribution in [0.2, 0.25) is 0 Å². The van der Waals surface area contributed by atoms with Gasteiger partial charge in [0.15, 0.2) is 0 Å². The van der Waals surface area contributed by atoms with E-state index in [1.165, 1.54) is 12.1 Å². The maximum atomic E-state index is 12.1. The van der Waals surface area contributed by atoms with Crippen molar-refractivity contribution in [2.24, 2.45) is 0 Å². The van der Waals surface area contributed by atoms with Crippen molar-refractivity contribution < 1.29 is 9.72 Å². The summed E-state index contributed by atoms with van der Waals surface area (Å²) in [5, 5.41) is 16.5. The molecule has 0 spiro atoms. The molecule has 0 fully saturated rings. The highest BCUT2D eigenvalue weighted by Gasteiger charge is 2.09. The Balaban J connectivity index is 2.01. The molecule has 0 saturated heterocycles. The van der Waals surface area contributed by atoms with Crippen molar-refractivity contribution >= 4 is 23.0 Å². The number of nitrogens with zero attached hydrogens (tertiary/aromatic N) is 1. The van der Waals surface area contributed by atoms with Crippen LogP contribution in [0.5, 0.6) is 0 Å². The quantitative estimate of drug-likeness (QED) is 0.653. The molecule has 23 heavy (non-hydrogen) atoms. The van der Waals surface area contributed by atoms with E-state index in [1.807, 2.05) is 32.9 Å². The van der Waals surface area contributed by atoms with Gasteiger partial charge in [0.05, 0.1) is 11.5 Å². The molecule has 0 radical (unpaired) electrons. The number of hydrogen-bond acceptors (Lipinski definition) is 4. The molecule has 0 aliphatic rings. The zero-order valence-electron chi connectivity index (χ0n) is 13.3. The Kier molecular flexibility index (Phi) is 4.95. The first kappa shape index (κ1) is 16.5. The molecule has 0 saturated carbocycles. The Bertz CT molecular complexity index is 733. The molecular formula is C17H19N3O3. The summed E-state index contributed by atoms with van der Waals surface area (Å²) in [4.78, 5) is 22.4. The van der Waals surface area contributed by atoms with E-state index in [1.54, 1.807) is 12.1 Å². The Labute approximate surface area is 134 Å². The lowest BCUT2D eigenvalue weighted by Gasteiger charge is -2.13. The standard InChI is InChI=1S/C17H19N3O3/c1-11-7-12(2)17(13(3)8-11)19-16(21)10-18-14-5-4-6-15(9-14)20(22)23/h4-9,18H,10H2,1-3H3,(H,19,21). The number of hydrogen-bond donors (Lipinski definition) is 2. The minimum absolute atomic E-state index is 0.0133. The minimum atomic E-state index is -0.468. The van der Waals surface area contributed by atoms with E-state index in [-0.39, 0.29) is 18.1 Å². The van der Waals surface area contributed by atoms with Crippen LogP contribution in [0.1, 0.15) is 16.7 Å². The van der Waals surface area contributed by atoms with Crippen molar-refractivity contribution in [3.05, 3.63) is 63.2 Å². The van der Waals surface area contributed by atoms with Crippen LogP contribution in [0, 0.1) is 30.9 Å². The van der Waals surface area contributed by atoms with Crippen LogP contribution in [0.3, 0.4) is 0 Å². The van der Waals surface area contributed by atoms with Gasteiger partial charge in [-0.1, -0.05) is 23.8 Å². The summed E-state index contributed by atoms with van der Waals surface area (Å²) in [5.74, 6) is -0.202. The Hall–Kier alpha value is -2.89. The van der Waals surface area contributed by atoms with Crippen molar-refractivity contribution in [1.29, 1.82) is 0 Å². The first-order valence-corrected chi connectivity index (χ1v) is 7.23. The monoisotopic (exact) mass is 313 g/mol. The van der Waals surface area contributed by atoms with E-state index in [4.69, 9.17) is 0 Å². The average molecular weight is 313 g/mol. The summed E-state index contributed by atoms with van der Waals surface area (Å²) in [7, 11) is 0. The minimum Gasteiger partial charge on any atom is -0.376 e. The number of rotatable bonds is 5. The highest BCUT2D eigenvalue weighted by molar-refractivity contribution is 5.95. The van der Waals surface area contributed by atoms with Crippen LogP contribution >= 0.6 is 0 Å². The molecule has 0 aliphatic heterocycles. The summed E-state index contributed by atoms with van der Waals surface area (Å²) in [5.41, 5.74) is 4.49. The molecule has 0 aromatic heterocycles. The van der Waals surface area contributed by atoms with Crippen LogP contribution in [0.25, 0.3) is 0 Å². The third-order valence-electron chi connectivity index (χ3n) is 3.45. The SMILES string of the molecule is Cc1cc(C)c(NC(=O)CNc2cccc([N+](=O)[O-])c2)c(C)c1. The van der Waals surface area contributed by atoms with Gasteiger partial charge in [0.2, 0.25) is 5.91 Å². The van der Waals surface area contributed by atoms with Gasteiger partial charge in [-0.25, -0.2) is 0 Å². The molecule has 0 unspecified atom stereocenters. The van der Waals surface area contributed by atoms with Gasteiger partial charge < -0.3 is 10.6 Å². The van der Waals surface area contributed by atoms with Crippen molar-refractivity contribution in [3.63, 3.8) is 0 Å². The van der Waals surface area contributed by atoms with E-state index in [0.717, 1.165) is 22.4 Å². The fourth-order valence-corrected chi connectivity index (χ4v) is 2.47. The summed E-state index contributed by atoms with van der Waals surface area (Å²) in [6.07, 6.45) is 0. The molecule has 2 aromatic rings. The summed E-state index contributed by atoms with van der Waals surface area (Å²) in [6.45, 7) is 5.94. The normalized spacial score (nSPS) is 10.2. The van der Waals surface area contributed by atoms with Crippen LogP contribution in [-0.4, -0.2) is 17.4 Å². The number of nitro groups is 1. The number of amides is 1. The summed E-state index contributed by atoms with van der Waals surface area (Å²) >= 11 is 0. The van der Waals surface area contributed by atoms with Crippen molar-refractivity contribution in [1.82, 2.24) is 0 Å². The highest BCUT2D eigenvalue weighted by Crippen LogP contribution is 2.22. The maximum absolute atomic E-state index is 12.1. The number of non-ortho nitro benzene ring substituents is 1. The van der Waals surface area contributed by atoms with Gasteiger partial charge in [-0.15, -0.1) is 0 Å². The van der Waals surface area contributed by atoms with E-state index in [2.05, 4.69) is 10.6 Å². The zero-order chi connectivity index (χ0) is 17.0. The number of benzene rings is 2. The van der Waals surface area contributed by atoms with Crippen LogP contribution in [0.15, 0.2) is 36.4 Å². The predicted octanol–water partition coefficient (Wildman–Crippen LogP) is 3.57. The molecular weight excluding hydrogens is 294 g/mol. The molecule has 0 bridgehead atoms. The molecule has 0 aliphatic carbocycles. The Morgan fingerprint density at radius 1 is 1.13 bits per heavy atom. The van der Waals surface area contributed by atoms with Crippen molar-refractivity contribution in [2.75, 3.05) is 17.2 Å². The van der Waals surface area contributed by atoms with Crippen LogP contribution in [-0.2, 0) is 4.79 Å². The molecule has 2 rings (SSSR count). The second-order valence-electron chi connectivity index (χ2n) is 5.48. The molecule has 2 N–H and O–H groups in total. The van der Waals surface area contributed by atoms with E-state index < -0.39 is 4.92 Å². The molecule has 6 heteroatoms. The smallest absolute Gasteiger partial charge is 0.271 e. The highest BCUT2D eigenvalue weighted by atomic mass is 16.6. The number of nitro benzene ring substituents is 1. The lowest BCUT2D eigenvalue weighted by molar-refractivity contribution is -0.384.